The number of nitrogens with one attached hydrogen (secondary N) is 1. The molecule has 2 aromatic rings. The molecule has 0 spiro atoms. The van der Waals surface area contributed by atoms with Gasteiger partial charge in [0.2, 0.25) is 5.76 Å². The van der Waals surface area contributed by atoms with E-state index < -0.39 is 5.97 Å². The SMILES string of the molecule is NC(=NOC(=O)c1ccco1)c1cc[nH+]cc1. The summed E-state index contributed by atoms with van der Waals surface area (Å²) in [6.45, 7) is 0. The topological polar surface area (TPSA) is 92.0 Å². The normalized spacial score (nSPS) is 11.2. The highest BCUT2D eigenvalue weighted by molar-refractivity contribution is 5.97. The van der Waals surface area contributed by atoms with Crippen molar-refractivity contribution in [2.45, 2.75) is 0 Å². The Morgan fingerprint density at radius 2 is 2.12 bits per heavy atom. The van der Waals surface area contributed by atoms with Gasteiger partial charge in [-0.2, -0.15) is 0 Å². The lowest BCUT2D eigenvalue weighted by Gasteiger charge is -1.97. The molecule has 17 heavy (non-hydrogen) atoms. The monoisotopic (exact) mass is 232 g/mol. The number of carbonyl (C=O) groups is 1. The average molecular weight is 232 g/mol. The first-order valence-corrected chi connectivity index (χ1v) is 4.82. The Hall–Kier alpha value is -2.63. The smallest absolute Gasteiger partial charge is 0.400 e. The highest BCUT2D eigenvalue weighted by Gasteiger charge is 2.10. The van der Waals surface area contributed by atoms with Gasteiger partial charge in [-0.15, -0.1) is 0 Å². The lowest BCUT2D eigenvalue weighted by Crippen LogP contribution is -2.16. The summed E-state index contributed by atoms with van der Waals surface area (Å²) in [4.78, 5) is 18.8. The fourth-order valence-corrected chi connectivity index (χ4v) is 1.14. The second kappa shape index (κ2) is 4.93. The first-order chi connectivity index (χ1) is 8.27. The largest absolute Gasteiger partial charge is 0.457 e. The van der Waals surface area contributed by atoms with Crippen LogP contribution in [-0.2, 0) is 4.84 Å². The summed E-state index contributed by atoms with van der Waals surface area (Å²) in [6, 6.07) is 6.47. The minimum Gasteiger partial charge on any atom is -0.457 e. The van der Waals surface area contributed by atoms with Gasteiger partial charge in [0.05, 0.1) is 6.26 Å². The fraction of sp³-hybridized carbons (Fsp3) is 0. The number of amidine groups is 1. The van der Waals surface area contributed by atoms with E-state index in [1.165, 1.54) is 12.3 Å². The zero-order valence-corrected chi connectivity index (χ0v) is 8.79. The molecule has 0 bridgehead atoms. The first kappa shape index (κ1) is 10.9. The van der Waals surface area contributed by atoms with Crippen molar-refractivity contribution in [3.05, 3.63) is 54.2 Å². The number of nitrogens with two attached hydrogens (primary N) is 1. The maximum absolute atomic E-state index is 11.4. The summed E-state index contributed by atoms with van der Waals surface area (Å²) < 4.78 is 4.84. The van der Waals surface area contributed by atoms with Gasteiger partial charge in [0.25, 0.3) is 0 Å². The number of furan rings is 1. The third kappa shape index (κ3) is 2.69. The number of pyridine rings is 1. The molecule has 0 amide bonds. The molecule has 0 aliphatic heterocycles. The Kier molecular flexibility index (Phi) is 3.15. The van der Waals surface area contributed by atoms with Crippen molar-refractivity contribution in [3.63, 3.8) is 0 Å². The van der Waals surface area contributed by atoms with E-state index in [0.29, 0.717) is 5.56 Å². The molecule has 0 saturated carbocycles. The van der Waals surface area contributed by atoms with Gasteiger partial charge in [0, 0.05) is 17.7 Å². The molecular weight excluding hydrogens is 222 g/mol. The van der Waals surface area contributed by atoms with Gasteiger partial charge in [-0.05, 0) is 12.1 Å². The molecule has 6 heteroatoms. The Morgan fingerprint density at radius 3 is 2.76 bits per heavy atom. The van der Waals surface area contributed by atoms with Crippen LogP contribution in [0.3, 0.4) is 0 Å². The summed E-state index contributed by atoms with van der Waals surface area (Å²) in [6.07, 6.45) is 4.74. The minimum absolute atomic E-state index is 0.0722. The van der Waals surface area contributed by atoms with Gasteiger partial charge < -0.3 is 15.0 Å². The van der Waals surface area contributed by atoms with Gasteiger partial charge in [-0.25, -0.2) is 9.78 Å². The number of H-pyrrole nitrogens is 1. The predicted molar refractivity (Wildman–Crippen MR) is 57.8 cm³/mol. The standard InChI is InChI=1S/C11H9N3O3/c12-10(8-3-5-13-6-4-8)14-17-11(15)9-2-1-7-16-9/h1-7H,(H2,12,14)/p+1. The van der Waals surface area contributed by atoms with Crippen molar-refractivity contribution in [2.24, 2.45) is 10.9 Å². The summed E-state index contributed by atoms with van der Waals surface area (Å²) in [5, 5.41) is 3.52. The lowest BCUT2D eigenvalue weighted by atomic mass is 10.2. The van der Waals surface area contributed by atoms with E-state index in [0.717, 1.165) is 0 Å². The highest BCUT2D eigenvalue weighted by Crippen LogP contribution is 2.03. The van der Waals surface area contributed by atoms with Crippen LogP contribution in [0.15, 0.2) is 52.5 Å². The number of hydrogen-bond donors (Lipinski definition) is 1. The van der Waals surface area contributed by atoms with Gasteiger partial charge in [0.1, 0.15) is 0 Å². The van der Waals surface area contributed by atoms with Crippen molar-refractivity contribution in [1.82, 2.24) is 0 Å². The van der Waals surface area contributed by atoms with Crippen LogP contribution in [0, 0.1) is 0 Å². The molecule has 2 aromatic heterocycles. The van der Waals surface area contributed by atoms with Crippen LogP contribution in [0.2, 0.25) is 0 Å². The van der Waals surface area contributed by atoms with Crippen LogP contribution in [0.1, 0.15) is 16.1 Å². The summed E-state index contributed by atoms with van der Waals surface area (Å²) in [7, 11) is 0. The van der Waals surface area contributed by atoms with Crippen molar-refractivity contribution in [3.8, 4) is 0 Å². The van der Waals surface area contributed by atoms with E-state index in [1.807, 2.05) is 0 Å². The van der Waals surface area contributed by atoms with Crippen LogP contribution in [0.5, 0.6) is 0 Å². The Morgan fingerprint density at radius 1 is 1.35 bits per heavy atom. The molecule has 2 rings (SSSR count). The number of nitrogens with zero attached hydrogens (tertiary/aromatic N) is 1. The number of oxime groups is 1. The van der Waals surface area contributed by atoms with E-state index >= 15 is 0 Å². The Bertz CT molecular complexity index is 520. The number of rotatable bonds is 3. The molecule has 0 aromatic carbocycles. The van der Waals surface area contributed by atoms with Crippen molar-refractivity contribution >= 4 is 11.8 Å². The molecule has 6 nitrogen and oxygen atoms in total. The van der Waals surface area contributed by atoms with Crippen LogP contribution in [-0.4, -0.2) is 11.8 Å². The number of aromatic nitrogens is 1. The van der Waals surface area contributed by atoms with Gasteiger partial charge in [0.15, 0.2) is 18.2 Å². The lowest BCUT2D eigenvalue weighted by molar-refractivity contribution is -0.378. The average Bonchev–Trinajstić information content (AvgIpc) is 2.90. The molecule has 0 saturated heterocycles. The fourth-order valence-electron chi connectivity index (χ4n) is 1.14. The molecule has 2 heterocycles. The van der Waals surface area contributed by atoms with Crippen molar-refractivity contribution in [2.75, 3.05) is 0 Å². The predicted octanol–water partition coefficient (Wildman–Crippen LogP) is 0.571. The Labute approximate surface area is 96.7 Å². The molecule has 0 fully saturated rings. The van der Waals surface area contributed by atoms with E-state index in [-0.39, 0.29) is 11.6 Å². The van der Waals surface area contributed by atoms with Gasteiger partial charge in [-0.1, -0.05) is 5.16 Å². The Balaban J connectivity index is 2.04. The maximum Gasteiger partial charge on any atom is 0.400 e. The summed E-state index contributed by atoms with van der Waals surface area (Å²) in [5.41, 5.74) is 6.27. The quantitative estimate of drug-likeness (QED) is 0.362. The molecule has 0 aliphatic carbocycles. The zero-order valence-electron chi connectivity index (χ0n) is 8.79. The van der Waals surface area contributed by atoms with E-state index in [2.05, 4.69) is 15.0 Å². The van der Waals surface area contributed by atoms with Crippen LogP contribution in [0.25, 0.3) is 0 Å². The molecule has 0 radical (unpaired) electrons. The highest BCUT2D eigenvalue weighted by atomic mass is 16.7. The number of hydrogen-bond acceptors (Lipinski definition) is 4. The van der Waals surface area contributed by atoms with Crippen molar-refractivity contribution in [1.29, 1.82) is 0 Å². The van der Waals surface area contributed by atoms with Crippen LogP contribution in [0.4, 0.5) is 0 Å². The second-order valence-corrected chi connectivity index (χ2v) is 3.12. The van der Waals surface area contributed by atoms with E-state index in [1.54, 1.807) is 30.6 Å². The second-order valence-electron chi connectivity index (χ2n) is 3.12. The zero-order chi connectivity index (χ0) is 12.1. The van der Waals surface area contributed by atoms with Gasteiger partial charge in [-0.3, -0.25) is 0 Å². The summed E-state index contributed by atoms with van der Waals surface area (Å²) in [5.74, 6) is -0.512. The van der Waals surface area contributed by atoms with E-state index in [4.69, 9.17) is 10.2 Å². The third-order valence-electron chi connectivity index (χ3n) is 1.96. The molecule has 0 aliphatic rings. The molecular formula is C11H10N3O3+. The summed E-state index contributed by atoms with van der Waals surface area (Å²) >= 11 is 0. The molecule has 86 valence electrons. The van der Waals surface area contributed by atoms with Crippen LogP contribution < -0.4 is 10.7 Å². The maximum atomic E-state index is 11.4. The molecule has 0 atom stereocenters. The third-order valence-corrected chi connectivity index (χ3v) is 1.96. The molecule has 0 unspecified atom stereocenters. The number of aromatic amines is 1. The van der Waals surface area contributed by atoms with E-state index in [9.17, 15) is 4.79 Å². The van der Waals surface area contributed by atoms with Crippen molar-refractivity contribution < 1.29 is 19.0 Å². The van der Waals surface area contributed by atoms with Gasteiger partial charge >= 0.3 is 5.97 Å². The minimum atomic E-state index is -0.694. The first-order valence-electron chi connectivity index (χ1n) is 4.82. The molecule has 3 N–H and O–H groups in total. The number of carbonyl (C=O) groups excluding carboxylic acids is 1. The van der Waals surface area contributed by atoms with Crippen LogP contribution >= 0.6 is 0 Å².